The Bertz CT molecular complexity index is 1000. The zero-order valence-corrected chi connectivity index (χ0v) is 22.1. The highest BCUT2D eigenvalue weighted by molar-refractivity contribution is 6.76. The fourth-order valence-electron chi connectivity index (χ4n) is 3.22. The van der Waals surface area contributed by atoms with E-state index < -0.39 is 31.8 Å². The number of hydrogen-bond donors (Lipinski definition) is 2. The average molecular weight is 488 g/mol. The van der Waals surface area contributed by atoms with Crippen molar-refractivity contribution in [3.63, 3.8) is 0 Å². The molecule has 1 amide bonds. The average Bonchev–Trinajstić information content (AvgIpc) is 3.13. The second kappa shape index (κ2) is 11.5. The molecule has 1 aromatic carbocycles. The molecule has 2 N–H and O–H groups in total. The second-order valence-electron chi connectivity index (χ2n) is 10.4. The summed E-state index contributed by atoms with van der Waals surface area (Å²) < 4.78 is 13.2. The van der Waals surface area contributed by atoms with Crippen LogP contribution in [0.3, 0.4) is 0 Å². The summed E-state index contributed by atoms with van der Waals surface area (Å²) in [5.41, 5.74) is 0.483. The van der Waals surface area contributed by atoms with Crippen LogP contribution in [0.5, 0.6) is 0 Å². The molecule has 0 radical (unpaired) electrons. The van der Waals surface area contributed by atoms with Gasteiger partial charge in [0.15, 0.2) is 0 Å². The molecule has 1 aromatic heterocycles. The van der Waals surface area contributed by atoms with Gasteiger partial charge in [-0.3, -0.25) is 0 Å². The number of alkyl carbamates (subject to hydrolysis) is 1. The molecule has 0 unspecified atom stereocenters. The molecule has 2 aromatic rings. The summed E-state index contributed by atoms with van der Waals surface area (Å²) in [7, 11) is -1.26. The quantitative estimate of drug-likeness (QED) is 0.239. The number of imidazole rings is 1. The van der Waals surface area contributed by atoms with E-state index in [9.17, 15) is 14.7 Å². The number of amides is 1. The van der Waals surface area contributed by atoms with Crippen molar-refractivity contribution in [1.82, 2.24) is 14.9 Å². The molecule has 1 heterocycles. The van der Waals surface area contributed by atoms with Gasteiger partial charge < -0.3 is 24.5 Å². The molecule has 1 atom stereocenters. The van der Waals surface area contributed by atoms with E-state index in [-0.39, 0.29) is 12.3 Å². The number of ether oxygens (including phenoxy) is 2. The Hall–Kier alpha value is -2.91. The van der Waals surface area contributed by atoms with E-state index in [0.717, 1.165) is 6.04 Å². The van der Waals surface area contributed by atoms with E-state index in [4.69, 9.17) is 14.5 Å². The van der Waals surface area contributed by atoms with Crippen molar-refractivity contribution < 1.29 is 24.2 Å². The number of benzene rings is 1. The summed E-state index contributed by atoms with van der Waals surface area (Å²) in [5, 5.41) is 12.5. The van der Waals surface area contributed by atoms with Crippen LogP contribution in [-0.2, 0) is 16.2 Å². The molecule has 0 spiro atoms. The van der Waals surface area contributed by atoms with Crippen LogP contribution in [0.25, 0.3) is 11.3 Å². The predicted molar refractivity (Wildman–Crippen MR) is 136 cm³/mol. The van der Waals surface area contributed by atoms with Crippen LogP contribution in [-0.4, -0.2) is 47.0 Å². The first kappa shape index (κ1) is 27.3. The normalized spacial score (nSPS) is 12.8. The van der Waals surface area contributed by atoms with E-state index in [2.05, 4.69) is 31.5 Å². The zero-order chi connectivity index (χ0) is 25.5. The highest BCUT2D eigenvalue weighted by atomic mass is 28.3. The van der Waals surface area contributed by atoms with E-state index in [1.54, 1.807) is 57.3 Å². The Morgan fingerprint density at radius 3 is 2.53 bits per heavy atom. The molecule has 0 saturated heterocycles. The van der Waals surface area contributed by atoms with Crippen molar-refractivity contribution in [1.29, 1.82) is 0 Å². The van der Waals surface area contributed by atoms with Gasteiger partial charge in [0.2, 0.25) is 0 Å². The first-order valence-corrected chi connectivity index (χ1v) is 15.1. The molecule has 0 saturated carbocycles. The van der Waals surface area contributed by atoms with E-state index in [1.165, 1.54) is 0 Å². The minimum atomic E-state index is -1.26. The summed E-state index contributed by atoms with van der Waals surface area (Å²) in [6.07, 6.45) is 3.29. The Labute approximate surface area is 203 Å². The molecular formula is C25H37N3O5Si. The van der Waals surface area contributed by atoms with Gasteiger partial charge in [0, 0.05) is 26.4 Å². The maximum atomic E-state index is 12.5. The molecule has 0 bridgehead atoms. The third kappa shape index (κ3) is 8.46. The highest BCUT2D eigenvalue weighted by Crippen LogP contribution is 2.27. The number of carbonyl (C=O) groups is 2. The smallest absolute Gasteiger partial charge is 0.408 e. The lowest BCUT2D eigenvalue weighted by Gasteiger charge is -2.23. The fourth-order valence-corrected chi connectivity index (χ4v) is 3.98. The largest absolute Gasteiger partial charge is 0.478 e. The summed E-state index contributed by atoms with van der Waals surface area (Å²) in [5.74, 6) is -0.499. The van der Waals surface area contributed by atoms with Gasteiger partial charge in [-0.25, -0.2) is 14.6 Å². The van der Waals surface area contributed by atoms with Crippen molar-refractivity contribution in [2.75, 3.05) is 6.61 Å². The molecule has 0 aliphatic carbocycles. The van der Waals surface area contributed by atoms with E-state index in [1.807, 2.05) is 4.57 Å². The van der Waals surface area contributed by atoms with Crippen molar-refractivity contribution in [3.8, 4) is 11.3 Å². The number of nitrogens with zero attached hydrogens (tertiary/aromatic N) is 2. The van der Waals surface area contributed by atoms with Gasteiger partial charge in [0.1, 0.15) is 18.2 Å². The Balaban J connectivity index is 2.42. The molecule has 0 aliphatic heterocycles. The van der Waals surface area contributed by atoms with Gasteiger partial charge >= 0.3 is 12.1 Å². The summed E-state index contributed by atoms with van der Waals surface area (Å²) in [6.45, 7) is 16.9. The van der Waals surface area contributed by atoms with Crippen molar-refractivity contribution in [3.05, 3.63) is 54.5 Å². The number of rotatable bonds is 11. The number of nitrogens with one attached hydrogen (secondary N) is 1. The van der Waals surface area contributed by atoms with Crippen LogP contribution in [0, 0.1) is 0 Å². The number of carboxylic acid groups (broad SMARTS) is 1. The van der Waals surface area contributed by atoms with Crippen molar-refractivity contribution >= 4 is 20.1 Å². The molecule has 2 rings (SSSR count). The SMILES string of the molecule is C=CC[C@H](NC(=O)OC(C)(C)C)c1nc(-c2ccccc2C(=O)O)cn1COCC[Si](C)(C)C. The second-order valence-corrected chi connectivity index (χ2v) is 16.0. The van der Waals surface area contributed by atoms with Crippen molar-refractivity contribution in [2.45, 2.75) is 71.3 Å². The summed E-state index contributed by atoms with van der Waals surface area (Å²) >= 11 is 0. The molecule has 0 aliphatic rings. The van der Waals surface area contributed by atoms with Gasteiger partial charge in [-0.15, -0.1) is 6.58 Å². The lowest BCUT2D eigenvalue weighted by molar-refractivity contribution is 0.0491. The lowest BCUT2D eigenvalue weighted by atomic mass is 10.1. The standard InChI is InChI=1S/C25H37N3O5Si/c1-8-11-20(27-24(31)33-25(2,3)4)22-26-21(18-12-9-10-13-19(18)23(29)30)16-28(22)17-32-14-15-34(5,6)7/h8-10,12-13,16,20H,1,11,14-15,17H2,2-7H3,(H,27,31)(H,29,30)/t20-/m0/s1. The molecular weight excluding hydrogens is 450 g/mol. The maximum absolute atomic E-state index is 12.5. The number of carboxylic acids is 1. The molecule has 0 fully saturated rings. The fraction of sp³-hybridized carbons (Fsp3) is 0.480. The summed E-state index contributed by atoms with van der Waals surface area (Å²) in [6, 6.07) is 7.19. The van der Waals surface area contributed by atoms with E-state index >= 15 is 0 Å². The van der Waals surface area contributed by atoms with Crippen LogP contribution in [0.4, 0.5) is 4.79 Å². The third-order valence-corrected chi connectivity index (χ3v) is 6.58. The Morgan fingerprint density at radius 1 is 1.26 bits per heavy atom. The minimum absolute atomic E-state index is 0.152. The van der Waals surface area contributed by atoms with Gasteiger partial charge in [-0.1, -0.05) is 43.9 Å². The molecule has 186 valence electrons. The lowest BCUT2D eigenvalue weighted by Crippen LogP contribution is -2.36. The van der Waals surface area contributed by atoms with Crippen LogP contribution < -0.4 is 5.32 Å². The molecule has 9 heteroatoms. The van der Waals surface area contributed by atoms with Crippen molar-refractivity contribution in [2.24, 2.45) is 0 Å². The number of hydrogen-bond acceptors (Lipinski definition) is 5. The number of aromatic nitrogens is 2. The number of aromatic carboxylic acids is 1. The topological polar surface area (TPSA) is 103 Å². The summed E-state index contributed by atoms with van der Waals surface area (Å²) in [4.78, 5) is 29.0. The first-order chi connectivity index (χ1) is 15.8. The first-order valence-electron chi connectivity index (χ1n) is 11.4. The maximum Gasteiger partial charge on any atom is 0.408 e. The van der Waals surface area contributed by atoms with Crippen LogP contribution in [0.2, 0.25) is 25.7 Å². The zero-order valence-electron chi connectivity index (χ0n) is 21.1. The minimum Gasteiger partial charge on any atom is -0.478 e. The van der Waals surface area contributed by atoms with Crippen LogP contribution in [0.15, 0.2) is 43.1 Å². The van der Waals surface area contributed by atoms with Crippen LogP contribution >= 0.6 is 0 Å². The van der Waals surface area contributed by atoms with Gasteiger partial charge in [0.25, 0.3) is 0 Å². The molecule has 8 nitrogen and oxygen atoms in total. The Kier molecular flexibility index (Phi) is 9.23. The highest BCUT2D eigenvalue weighted by Gasteiger charge is 2.25. The van der Waals surface area contributed by atoms with Gasteiger partial charge in [0.05, 0.1) is 17.3 Å². The predicted octanol–water partition coefficient (Wildman–Crippen LogP) is 5.70. The van der Waals surface area contributed by atoms with E-state index in [0.29, 0.717) is 30.1 Å². The third-order valence-electron chi connectivity index (χ3n) is 4.87. The van der Waals surface area contributed by atoms with Gasteiger partial charge in [-0.05, 0) is 39.3 Å². The Morgan fingerprint density at radius 2 is 1.94 bits per heavy atom. The van der Waals surface area contributed by atoms with Crippen LogP contribution in [0.1, 0.15) is 49.4 Å². The number of carbonyl (C=O) groups excluding carboxylic acids is 1. The van der Waals surface area contributed by atoms with Gasteiger partial charge in [-0.2, -0.15) is 0 Å². The monoisotopic (exact) mass is 487 g/mol. The molecule has 34 heavy (non-hydrogen) atoms.